The van der Waals surface area contributed by atoms with E-state index in [9.17, 15) is 9.59 Å². The maximum absolute atomic E-state index is 12.2. The minimum atomic E-state index is -0.831. The average Bonchev–Trinajstić information content (AvgIpc) is 2.73. The molecule has 0 aromatic heterocycles. The van der Waals surface area contributed by atoms with Gasteiger partial charge in [0.15, 0.2) is 0 Å². The molecule has 0 radical (unpaired) electrons. The van der Waals surface area contributed by atoms with E-state index in [-0.39, 0.29) is 17.9 Å². The van der Waals surface area contributed by atoms with Gasteiger partial charge in [0.1, 0.15) is 0 Å². The maximum Gasteiger partial charge on any atom is 0.307 e. The van der Waals surface area contributed by atoms with Gasteiger partial charge in [0.25, 0.3) is 0 Å². The Morgan fingerprint density at radius 1 is 1.22 bits per heavy atom. The van der Waals surface area contributed by atoms with E-state index in [4.69, 9.17) is 5.11 Å². The molecule has 0 saturated heterocycles. The van der Waals surface area contributed by atoms with Gasteiger partial charge in [0, 0.05) is 6.04 Å². The first-order valence-electron chi connectivity index (χ1n) is 6.76. The summed E-state index contributed by atoms with van der Waals surface area (Å²) in [6, 6.07) is 0.188. The molecule has 1 fully saturated rings. The maximum atomic E-state index is 12.2. The van der Waals surface area contributed by atoms with Crippen LogP contribution in [0.4, 0.5) is 0 Å². The van der Waals surface area contributed by atoms with Crippen molar-refractivity contribution in [1.29, 1.82) is 0 Å². The number of carbonyl (C=O) groups is 2. The van der Waals surface area contributed by atoms with Gasteiger partial charge in [-0.15, -0.1) is 0 Å². The Morgan fingerprint density at radius 2 is 1.94 bits per heavy atom. The summed E-state index contributed by atoms with van der Waals surface area (Å²) < 4.78 is 0. The summed E-state index contributed by atoms with van der Waals surface area (Å²) in [4.78, 5) is 23.3. The standard InChI is InChI=1S/C14H21NO3/c1-9-7-11(12(8-9)14(17)18)13(16)15-10-5-3-2-4-6-10/h2-3,9-12H,4-8H2,1H3,(H,15,16)(H,17,18). The highest BCUT2D eigenvalue weighted by Gasteiger charge is 2.41. The quantitative estimate of drug-likeness (QED) is 0.753. The van der Waals surface area contributed by atoms with Gasteiger partial charge in [0.2, 0.25) is 5.91 Å². The van der Waals surface area contributed by atoms with Crippen LogP contribution in [0.5, 0.6) is 0 Å². The fourth-order valence-electron chi connectivity index (χ4n) is 3.09. The van der Waals surface area contributed by atoms with Crippen LogP contribution in [0, 0.1) is 17.8 Å². The molecule has 2 aliphatic carbocycles. The number of hydrogen-bond acceptors (Lipinski definition) is 2. The molecular formula is C14H21NO3. The predicted molar refractivity (Wildman–Crippen MR) is 67.9 cm³/mol. The number of nitrogens with one attached hydrogen (secondary N) is 1. The number of carbonyl (C=O) groups excluding carboxylic acids is 1. The van der Waals surface area contributed by atoms with E-state index in [0.717, 1.165) is 19.3 Å². The van der Waals surface area contributed by atoms with Crippen LogP contribution in [0.1, 0.15) is 39.0 Å². The molecule has 1 saturated carbocycles. The largest absolute Gasteiger partial charge is 0.481 e. The predicted octanol–water partition coefficient (Wildman–Crippen LogP) is 1.96. The molecule has 0 aromatic carbocycles. The Morgan fingerprint density at radius 3 is 2.56 bits per heavy atom. The molecule has 1 amide bonds. The summed E-state index contributed by atoms with van der Waals surface area (Å²) in [7, 11) is 0. The van der Waals surface area contributed by atoms with Crippen LogP contribution >= 0.6 is 0 Å². The molecule has 2 N–H and O–H groups in total. The third-order valence-corrected chi connectivity index (χ3v) is 4.07. The lowest BCUT2D eigenvalue weighted by molar-refractivity contribution is -0.146. The van der Waals surface area contributed by atoms with Gasteiger partial charge >= 0.3 is 5.97 Å². The van der Waals surface area contributed by atoms with Crippen LogP contribution in [-0.4, -0.2) is 23.0 Å². The van der Waals surface area contributed by atoms with Crippen LogP contribution in [0.15, 0.2) is 12.2 Å². The Hall–Kier alpha value is -1.32. The number of rotatable bonds is 3. The Kier molecular flexibility index (Phi) is 4.04. The number of aliphatic carboxylic acids is 1. The van der Waals surface area contributed by atoms with E-state index in [0.29, 0.717) is 18.8 Å². The highest BCUT2D eigenvalue weighted by Crippen LogP contribution is 2.36. The van der Waals surface area contributed by atoms with E-state index in [1.807, 2.05) is 6.92 Å². The third-order valence-electron chi connectivity index (χ3n) is 4.07. The van der Waals surface area contributed by atoms with Crippen molar-refractivity contribution in [1.82, 2.24) is 5.32 Å². The molecule has 4 unspecified atom stereocenters. The molecule has 0 bridgehead atoms. The monoisotopic (exact) mass is 251 g/mol. The van der Waals surface area contributed by atoms with Gasteiger partial charge in [-0.3, -0.25) is 9.59 Å². The SMILES string of the molecule is CC1CC(C(=O)O)C(C(=O)NC2CC=CCC2)C1. The Labute approximate surface area is 107 Å². The number of carboxylic acids is 1. The first-order chi connectivity index (χ1) is 8.58. The van der Waals surface area contributed by atoms with E-state index in [2.05, 4.69) is 17.5 Å². The smallest absolute Gasteiger partial charge is 0.307 e. The summed E-state index contributed by atoms with van der Waals surface area (Å²) in [5, 5.41) is 12.2. The molecule has 0 spiro atoms. The minimum absolute atomic E-state index is 0.0629. The third kappa shape index (κ3) is 2.92. The summed E-state index contributed by atoms with van der Waals surface area (Å²) in [6.45, 7) is 2.02. The van der Waals surface area contributed by atoms with Gasteiger partial charge in [-0.1, -0.05) is 19.1 Å². The summed E-state index contributed by atoms with van der Waals surface area (Å²) in [5.41, 5.74) is 0. The molecule has 4 atom stereocenters. The van der Waals surface area contributed by atoms with Crippen molar-refractivity contribution in [3.05, 3.63) is 12.2 Å². The van der Waals surface area contributed by atoms with Gasteiger partial charge in [0.05, 0.1) is 11.8 Å². The lowest BCUT2D eigenvalue weighted by Crippen LogP contribution is -2.41. The minimum Gasteiger partial charge on any atom is -0.481 e. The topological polar surface area (TPSA) is 66.4 Å². The normalized spacial score (nSPS) is 35.4. The second-order valence-electron chi connectivity index (χ2n) is 5.62. The van der Waals surface area contributed by atoms with Gasteiger partial charge < -0.3 is 10.4 Å². The highest BCUT2D eigenvalue weighted by atomic mass is 16.4. The second kappa shape index (κ2) is 5.55. The zero-order chi connectivity index (χ0) is 13.1. The molecule has 0 aliphatic heterocycles. The zero-order valence-electron chi connectivity index (χ0n) is 10.8. The fraction of sp³-hybridized carbons (Fsp3) is 0.714. The Balaban J connectivity index is 1.95. The van der Waals surface area contributed by atoms with E-state index in [1.54, 1.807) is 0 Å². The van der Waals surface area contributed by atoms with Crippen molar-refractivity contribution in [3.8, 4) is 0 Å². The van der Waals surface area contributed by atoms with Crippen molar-refractivity contribution in [3.63, 3.8) is 0 Å². The molecule has 0 heterocycles. The molecule has 4 heteroatoms. The van der Waals surface area contributed by atoms with Gasteiger partial charge in [-0.2, -0.15) is 0 Å². The molecular weight excluding hydrogens is 230 g/mol. The summed E-state index contributed by atoms with van der Waals surface area (Å²) >= 11 is 0. The van der Waals surface area contributed by atoms with Crippen LogP contribution in [0.2, 0.25) is 0 Å². The van der Waals surface area contributed by atoms with Crippen LogP contribution in [-0.2, 0) is 9.59 Å². The van der Waals surface area contributed by atoms with Crippen molar-refractivity contribution in [2.24, 2.45) is 17.8 Å². The molecule has 4 nitrogen and oxygen atoms in total. The number of hydrogen-bond donors (Lipinski definition) is 2. The van der Waals surface area contributed by atoms with Crippen molar-refractivity contribution < 1.29 is 14.7 Å². The molecule has 100 valence electrons. The number of amides is 1. The van der Waals surface area contributed by atoms with Crippen molar-refractivity contribution in [2.75, 3.05) is 0 Å². The van der Waals surface area contributed by atoms with Gasteiger partial charge in [-0.25, -0.2) is 0 Å². The molecule has 2 rings (SSSR count). The van der Waals surface area contributed by atoms with E-state index < -0.39 is 11.9 Å². The molecule has 2 aliphatic rings. The lowest BCUT2D eigenvalue weighted by atomic mass is 9.94. The first-order valence-corrected chi connectivity index (χ1v) is 6.76. The second-order valence-corrected chi connectivity index (χ2v) is 5.62. The lowest BCUT2D eigenvalue weighted by Gasteiger charge is -2.23. The summed E-state index contributed by atoms with van der Waals surface area (Å²) in [5.74, 6) is -1.41. The summed E-state index contributed by atoms with van der Waals surface area (Å²) in [6.07, 6.45) is 8.35. The first kappa shape index (κ1) is 13.1. The molecule has 0 aromatic rings. The van der Waals surface area contributed by atoms with Crippen molar-refractivity contribution in [2.45, 2.75) is 45.1 Å². The van der Waals surface area contributed by atoms with Crippen molar-refractivity contribution >= 4 is 11.9 Å². The van der Waals surface area contributed by atoms with E-state index >= 15 is 0 Å². The Bertz CT molecular complexity index is 364. The van der Waals surface area contributed by atoms with E-state index in [1.165, 1.54) is 0 Å². The van der Waals surface area contributed by atoms with Crippen LogP contribution in [0.3, 0.4) is 0 Å². The zero-order valence-corrected chi connectivity index (χ0v) is 10.8. The van der Waals surface area contributed by atoms with Gasteiger partial charge in [-0.05, 0) is 38.0 Å². The average molecular weight is 251 g/mol. The van der Waals surface area contributed by atoms with Crippen LogP contribution < -0.4 is 5.32 Å². The number of allylic oxidation sites excluding steroid dienone is 1. The highest BCUT2D eigenvalue weighted by molar-refractivity contribution is 5.85. The fourth-order valence-corrected chi connectivity index (χ4v) is 3.09. The van der Waals surface area contributed by atoms with Crippen LogP contribution in [0.25, 0.3) is 0 Å². The molecule has 18 heavy (non-hydrogen) atoms. The number of carboxylic acid groups (broad SMARTS) is 1.